The third-order valence-electron chi connectivity index (χ3n) is 7.55. The number of carbonyl (C=O) groups is 3. The first-order valence-electron chi connectivity index (χ1n) is 13.4. The minimum absolute atomic E-state index is 0.00317. The summed E-state index contributed by atoms with van der Waals surface area (Å²) >= 11 is 6.49. The Labute approximate surface area is 227 Å². The molecule has 2 unspecified atom stereocenters. The van der Waals surface area contributed by atoms with Gasteiger partial charge in [-0.3, -0.25) is 14.4 Å². The Kier molecular flexibility index (Phi) is 9.32. The predicted octanol–water partition coefficient (Wildman–Crippen LogP) is 4.57. The molecule has 2 aliphatic rings. The summed E-state index contributed by atoms with van der Waals surface area (Å²) in [5.41, 5.74) is 2.96. The van der Waals surface area contributed by atoms with E-state index < -0.39 is 0 Å². The fourth-order valence-electron chi connectivity index (χ4n) is 5.36. The highest BCUT2D eigenvalue weighted by Gasteiger charge is 2.31. The lowest BCUT2D eigenvalue weighted by Crippen LogP contribution is -2.46. The Balaban J connectivity index is 1.69. The molecule has 0 bridgehead atoms. The standard InChI is InChI=1S/C29H43ClN4O3/c1-8-33(17-21-9-11-34(12-10-21)28(37)29(5,6)7)25-15-22(30)14-23(20(25)4)26(35)31-16-24-18(2)13-19(3)32-27(24)36/h13-15,19,21,24H,8-12,16-17H2,1-7H3,(H,31,35)(H,32,36). The first kappa shape index (κ1) is 29.0. The summed E-state index contributed by atoms with van der Waals surface area (Å²) < 4.78 is 0. The molecule has 0 aliphatic carbocycles. The zero-order chi connectivity index (χ0) is 27.5. The van der Waals surface area contributed by atoms with Gasteiger partial charge in [0.1, 0.15) is 0 Å². The monoisotopic (exact) mass is 530 g/mol. The van der Waals surface area contributed by atoms with Crippen LogP contribution in [0, 0.1) is 24.2 Å². The molecule has 3 rings (SSSR count). The van der Waals surface area contributed by atoms with E-state index in [2.05, 4.69) is 22.5 Å². The van der Waals surface area contributed by atoms with Crippen molar-refractivity contribution in [1.82, 2.24) is 15.5 Å². The molecule has 0 saturated carbocycles. The molecule has 2 atom stereocenters. The van der Waals surface area contributed by atoms with Crippen LogP contribution in [0.2, 0.25) is 5.02 Å². The smallest absolute Gasteiger partial charge is 0.251 e. The highest BCUT2D eigenvalue weighted by Crippen LogP contribution is 2.31. The van der Waals surface area contributed by atoms with Crippen molar-refractivity contribution in [2.24, 2.45) is 17.3 Å². The van der Waals surface area contributed by atoms with Gasteiger partial charge in [-0.05, 0) is 64.2 Å². The number of hydrogen-bond acceptors (Lipinski definition) is 4. The first-order chi connectivity index (χ1) is 17.3. The Hall–Kier alpha value is -2.54. The second-order valence-electron chi connectivity index (χ2n) is 11.6. The third-order valence-corrected chi connectivity index (χ3v) is 7.77. The Morgan fingerprint density at radius 2 is 1.84 bits per heavy atom. The zero-order valence-electron chi connectivity index (χ0n) is 23.4. The molecular weight excluding hydrogens is 488 g/mol. The van der Waals surface area contributed by atoms with Crippen molar-refractivity contribution in [3.8, 4) is 0 Å². The molecule has 1 aromatic carbocycles. The minimum Gasteiger partial charge on any atom is -0.371 e. The highest BCUT2D eigenvalue weighted by atomic mass is 35.5. The van der Waals surface area contributed by atoms with Gasteiger partial charge in [0.15, 0.2) is 0 Å². The number of nitrogens with zero attached hydrogens (tertiary/aromatic N) is 2. The van der Waals surface area contributed by atoms with E-state index in [1.54, 1.807) is 6.07 Å². The number of likely N-dealkylation sites (tertiary alicyclic amines) is 1. The van der Waals surface area contributed by atoms with Crippen LogP contribution in [0.1, 0.15) is 70.3 Å². The van der Waals surface area contributed by atoms with E-state index in [1.807, 2.05) is 58.6 Å². The van der Waals surface area contributed by atoms with Gasteiger partial charge in [-0.1, -0.05) is 44.0 Å². The normalized spacial score (nSPS) is 20.8. The summed E-state index contributed by atoms with van der Waals surface area (Å²) in [6, 6.07) is 3.63. The fraction of sp³-hybridized carbons (Fsp3) is 0.621. The summed E-state index contributed by atoms with van der Waals surface area (Å²) in [7, 11) is 0. The van der Waals surface area contributed by atoms with Crippen molar-refractivity contribution in [3.05, 3.63) is 39.9 Å². The zero-order valence-corrected chi connectivity index (χ0v) is 24.2. The maximum absolute atomic E-state index is 13.2. The molecule has 37 heavy (non-hydrogen) atoms. The van der Waals surface area contributed by atoms with Gasteiger partial charge < -0.3 is 20.4 Å². The van der Waals surface area contributed by atoms with Crippen molar-refractivity contribution in [3.63, 3.8) is 0 Å². The number of carbonyl (C=O) groups excluding carboxylic acids is 3. The molecule has 2 heterocycles. The van der Waals surface area contributed by atoms with Crippen LogP contribution in [-0.2, 0) is 9.59 Å². The van der Waals surface area contributed by atoms with Gasteiger partial charge in [0, 0.05) is 60.5 Å². The molecule has 1 aromatic rings. The second-order valence-corrected chi connectivity index (χ2v) is 12.0. The van der Waals surface area contributed by atoms with Gasteiger partial charge >= 0.3 is 0 Å². The molecule has 0 radical (unpaired) electrons. The van der Waals surface area contributed by atoms with Gasteiger partial charge in [0.25, 0.3) is 5.91 Å². The van der Waals surface area contributed by atoms with Gasteiger partial charge in [-0.2, -0.15) is 0 Å². The number of piperidine rings is 1. The maximum atomic E-state index is 13.2. The molecule has 0 spiro atoms. The quantitative estimate of drug-likeness (QED) is 0.506. The topological polar surface area (TPSA) is 81.8 Å². The Morgan fingerprint density at radius 1 is 1.19 bits per heavy atom. The van der Waals surface area contributed by atoms with Crippen LogP contribution in [0.3, 0.4) is 0 Å². The molecule has 0 aromatic heterocycles. The maximum Gasteiger partial charge on any atom is 0.251 e. The molecule has 1 saturated heterocycles. The summed E-state index contributed by atoms with van der Waals surface area (Å²) in [6.45, 7) is 17.3. The highest BCUT2D eigenvalue weighted by molar-refractivity contribution is 6.31. The van der Waals surface area contributed by atoms with Crippen molar-refractivity contribution < 1.29 is 14.4 Å². The third kappa shape index (κ3) is 7.07. The number of rotatable bonds is 7. The molecule has 2 N–H and O–H groups in total. The number of anilines is 1. The summed E-state index contributed by atoms with van der Waals surface area (Å²) in [5, 5.41) is 6.37. The second kappa shape index (κ2) is 11.9. The number of hydrogen-bond donors (Lipinski definition) is 2. The predicted molar refractivity (Wildman–Crippen MR) is 150 cm³/mol. The average molecular weight is 531 g/mol. The number of amides is 3. The number of halogens is 1. The first-order valence-corrected chi connectivity index (χ1v) is 13.8. The molecule has 2 aliphatic heterocycles. The van der Waals surface area contributed by atoms with Crippen LogP contribution in [0.4, 0.5) is 5.69 Å². The molecule has 7 nitrogen and oxygen atoms in total. The van der Waals surface area contributed by atoms with Crippen molar-refractivity contribution in [2.75, 3.05) is 37.6 Å². The van der Waals surface area contributed by atoms with Crippen molar-refractivity contribution in [1.29, 1.82) is 0 Å². The van der Waals surface area contributed by atoms with Gasteiger partial charge in [0.2, 0.25) is 11.8 Å². The summed E-state index contributed by atoms with van der Waals surface area (Å²) in [5.74, 6) is 0.00338. The summed E-state index contributed by atoms with van der Waals surface area (Å²) in [4.78, 5) is 42.5. The van der Waals surface area contributed by atoms with E-state index in [-0.39, 0.29) is 41.6 Å². The van der Waals surface area contributed by atoms with Gasteiger partial charge in [0.05, 0.1) is 5.92 Å². The molecular formula is C29H43ClN4O3. The van der Waals surface area contributed by atoms with Gasteiger partial charge in [-0.25, -0.2) is 0 Å². The van der Waals surface area contributed by atoms with E-state index in [0.29, 0.717) is 16.5 Å². The molecule has 204 valence electrons. The number of nitrogens with one attached hydrogen (secondary N) is 2. The largest absolute Gasteiger partial charge is 0.371 e. The summed E-state index contributed by atoms with van der Waals surface area (Å²) in [6.07, 6.45) is 3.93. The van der Waals surface area contributed by atoms with Crippen LogP contribution < -0.4 is 15.5 Å². The Morgan fingerprint density at radius 3 is 2.41 bits per heavy atom. The molecule has 1 fully saturated rings. The van der Waals surface area contributed by atoms with Crippen molar-refractivity contribution >= 4 is 35.0 Å². The van der Waals surface area contributed by atoms with Crippen molar-refractivity contribution in [2.45, 2.75) is 67.3 Å². The number of benzene rings is 1. The van der Waals surface area contributed by atoms with Crippen LogP contribution >= 0.6 is 11.6 Å². The van der Waals surface area contributed by atoms with Crippen LogP contribution in [0.25, 0.3) is 0 Å². The minimum atomic E-state index is -0.373. The van der Waals surface area contributed by atoms with Crippen LogP contribution in [0.5, 0.6) is 0 Å². The lowest BCUT2D eigenvalue weighted by atomic mass is 9.90. The molecule has 8 heteroatoms. The van der Waals surface area contributed by atoms with E-state index in [4.69, 9.17) is 11.6 Å². The fourth-order valence-corrected chi connectivity index (χ4v) is 5.57. The van der Waals surface area contributed by atoms with E-state index in [0.717, 1.165) is 55.8 Å². The lowest BCUT2D eigenvalue weighted by Gasteiger charge is -2.38. The molecule has 3 amide bonds. The van der Waals surface area contributed by atoms with Crippen LogP contribution in [0.15, 0.2) is 23.8 Å². The average Bonchev–Trinajstić information content (AvgIpc) is 2.82. The van der Waals surface area contributed by atoms with Crippen LogP contribution in [-0.4, -0.2) is 61.4 Å². The SMILES string of the molecule is CCN(CC1CCN(C(=O)C(C)(C)C)CC1)c1cc(Cl)cc(C(=O)NCC2C(=O)NC(C)C=C2C)c1C. The van der Waals surface area contributed by atoms with E-state index in [1.165, 1.54) is 0 Å². The van der Waals surface area contributed by atoms with E-state index >= 15 is 0 Å². The lowest BCUT2D eigenvalue weighted by molar-refractivity contribution is -0.140. The Bertz CT molecular complexity index is 1050. The van der Waals surface area contributed by atoms with E-state index in [9.17, 15) is 14.4 Å². The van der Waals surface area contributed by atoms with Gasteiger partial charge in [-0.15, -0.1) is 0 Å².